The fourth-order valence-corrected chi connectivity index (χ4v) is 1.98. The van der Waals surface area contributed by atoms with Gasteiger partial charge in [0.1, 0.15) is 5.75 Å². The van der Waals surface area contributed by atoms with Gasteiger partial charge in [-0.1, -0.05) is 19.4 Å². The molecule has 2 heteroatoms. The molecule has 2 rings (SSSR count). The zero-order valence-corrected chi connectivity index (χ0v) is 9.20. The Morgan fingerprint density at radius 3 is 3.13 bits per heavy atom. The van der Waals surface area contributed by atoms with Crippen LogP contribution in [-0.2, 0) is 6.42 Å². The minimum absolute atomic E-state index is 0.283. The quantitative estimate of drug-likeness (QED) is 0.767. The second kappa shape index (κ2) is 4.67. The highest BCUT2D eigenvalue weighted by Crippen LogP contribution is 2.33. The lowest BCUT2D eigenvalue weighted by Gasteiger charge is -2.09. The Bertz CT molecular complexity index is 333. The van der Waals surface area contributed by atoms with Gasteiger partial charge in [-0.05, 0) is 42.5 Å². The number of aliphatic hydroxyl groups excluding tert-OH is 1. The van der Waals surface area contributed by atoms with Crippen LogP contribution in [-0.4, -0.2) is 11.7 Å². The zero-order valence-electron chi connectivity index (χ0n) is 9.20. The van der Waals surface area contributed by atoms with E-state index in [4.69, 9.17) is 4.74 Å². The maximum absolute atomic E-state index is 9.72. The molecule has 82 valence electrons. The summed E-state index contributed by atoms with van der Waals surface area (Å²) < 4.78 is 5.61. The van der Waals surface area contributed by atoms with Crippen molar-refractivity contribution in [3.63, 3.8) is 0 Å². The van der Waals surface area contributed by atoms with E-state index in [1.165, 1.54) is 5.56 Å². The van der Waals surface area contributed by atoms with Crippen molar-refractivity contribution >= 4 is 0 Å². The van der Waals surface area contributed by atoms with Crippen LogP contribution in [0.2, 0.25) is 0 Å². The summed E-state index contributed by atoms with van der Waals surface area (Å²) in [5.74, 6) is 0.892. The van der Waals surface area contributed by atoms with E-state index < -0.39 is 0 Å². The number of hydrogen-bond donors (Lipinski definition) is 1. The van der Waals surface area contributed by atoms with Gasteiger partial charge in [0.2, 0.25) is 0 Å². The van der Waals surface area contributed by atoms with Crippen LogP contribution in [0.3, 0.4) is 0 Å². The van der Waals surface area contributed by atoms with Crippen molar-refractivity contribution in [3.8, 4) is 5.75 Å². The van der Waals surface area contributed by atoms with E-state index in [0.717, 1.165) is 43.6 Å². The molecule has 1 N–H and O–H groups in total. The molecule has 1 atom stereocenters. The molecule has 0 saturated heterocycles. The summed E-state index contributed by atoms with van der Waals surface area (Å²) in [5.41, 5.74) is 2.33. The predicted molar refractivity (Wildman–Crippen MR) is 60.1 cm³/mol. The fourth-order valence-electron chi connectivity index (χ4n) is 1.98. The van der Waals surface area contributed by atoms with Crippen molar-refractivity contribution < 1.29 is 9.84 Å². The van der Waals surface area contributed by atoms with E-state index in [0.29, 0.717) is 0 Å². The first-order valence-electron chi connectivity index (χ1n) is 5.75. The van der Waals surface area contributed by atoms with Gasteiger partial charge in [0, 0.05) is 0 Å². The Balaban J connectivity index is 2.05. The predicted octanol–water partition coefficient (Wildman–Crippen LogP) is 2.85. The second-order valence-electron chi connectivity index (χ2n) is 4.12. The zero-order chi connectivity index (χ0) is 10.7. The van der Waals surface area contributed by atoms with E-state index in [9.17, 15) is 5.11 Å². The lowest BCUT2D eigenvalue weighted by atomic mass is 10.1. The number of fused-ring (bicyclic) bond motifs is 1. The second-order valence-corrected chi connectivity index (χ2v) is 4.12. The average Bonchev–Trinajstić information content (AvgIpc) is 2.61. The molecule has 0 aliphatic heterocycles. The fraction of sp³-hybridized carbons (Fsp3) is 0.538. The van der Waals surface area contributed by atoms with Gasteiger partial charge < -0.3 is 9.84 Å². The molecule has 0 spiro atoms. The summed E-state index contributed by atoms with van der Waals surface area (Å²) in [6.07, 6.45) is 3.79. The summed E-state index contributed by atoms with van der Waals surface area (Å²) >= 11 is 0. The molecule has 1 aliphatic carbocycles. The van der Waals surface area contributed by atoms with Gasteiger partial charge in [-0.3, -0.25) is 0 Å². The maximum atomic E-state index is 9.72. The summed E-state index contributed by atoms with van der Waals surface area (Å²) in [4.78, 5) is 0. The first kappa shape index (κ1) is 10.5. The van der Waals surface area contributed by atoms with Crippen molar-refractivity contribution in [2.24, 2.45) is 0 Å². The molecule has 0 radical (unpaired) electrons. The van der Waals surface area contributed by atoms with Crippen LogP contribution in [0.5, 0.6) is 5.75 Å². The molecular weight excluding hydrogens is 188 g/mol. The Kier molecular flexibility index (Phi) is 3.27. The molecule has 2 nitrogen and oxygen atoms in total. The third kappa shape index (κ3) is 2.32. The van der Waals surface area contributed by atoms with Gasteiger partial charge in [-0.15, -0.1) is 0 Å². The van der Waals surface area contributed by atoms with Crippen LogP contribution in [0.15, 0.2) is 18.2 Å². The van der Waals surface area contributed by atoms with Crippen LogP contribution >= 0.6 is 0 Å². The molecule has 0 aromatic heterocycles. The lowest BCUT2D eigenvalue weighted by molar-refractivity contribution is 0.179. The van der Waals surface area contributed by atoms with Gasteiger partial charge in [0.15, 0.2) is 0 Å². The van der Waals surface area contributed by atoms with E-state index in [2.05, 4.69) is 13.0 Å². The Labute approximate surface area is 90.9 Å². The molecule has 15 heavy (non-hydrogen) atoms. The Hall–Kier alpha value is -1.02. The highest BCUT2D eigenvalue weighted by molar-refractivity contribution is 5.39. The number of benzene rings is 1. The highest BCUT2D eigenvalue weighted by atomic mass is 16.5. The molecular formula is C13H18O2. The topological polar surface area (TPSA) is 29.5 Å². The van der Waals surface area contributed by atoms with Crippen LogP contribution in [0, 0.1) is 0 Å². The molecule has 1 aromatic rings. The van der Waals surface area contributed by atoms with E-state index in [-0.39, 0.29) is 6.10 Å². The van der Waals surface area contributed by atoms with Crippen LogP contribution < -0.4 is 4.74 Å². The minimum Gasteiger partial charge on any atom is -0.494 e. The molecule has 0 heterocycles. The minimum atomic E-state index is -0.283. The van der Waals surface area contributed by atoms with Crippen molar-refractivity contribution in [2.75, 3.05) is 6.61 Å². The smallest absolute Gasteiger partial charge is 0.119 e. The molecule has 0 saturated carbocycles. The number of ether oxygens (including phenoxy) is 1. The van der Waals surface area contributed by atoms with Gasteiger partial charge in [-0.2, -0.15) is 0 Å². The van der Waals surface area contributed by atoms with Gasteiger partial charge in [0.05, 0.1) is 12.7 Å². The van der Waals surface area contributed by atoms with Crippen LogP contribution in [0.4, 0.5) is 0 Å². The van der Waals surface area contributed by atoms with Gasteiger partial charge >= 0.3 is 0 Å². The number of rotatable bonds is 4. The molecule has 1 unspecified atom stereocenters. The van der Waals surface area contributed by atoms with Crippen LogP contribution in [0.1, 0.15) is 43.4 Å². The van der Waals surface area contributed by atoms with Crippen molar-refractivity contribution in [1.29, 1.82) is 0 Å². The molecule has 0 amide bonds. The largest absolute Gasteiger partial charge is 0.494 e. The molecule has 1 aromatic carbocycles. The van der Waals surface area contributed by atoms with Gasteiger partial charge in [0.25, 0.3) is 0 Å². The molecule has 1 aliphatic rings. The number of unbranched alkanes of at least 4 members (excludes halogenated alkanes) is 1. The maximum Gasteiger partial charge on any atom is 0.119 e. The van der Waals surface area contributed by atoms with E-state index >= 15 is 0 Å². The average molecular weight is 206 g/mol. The first-order valence-corrected chi connectivity index (χ1v) is 5.75. The third-order valence-corrected chi connectivity index (χ3v) is 2.93. The molecule has 0 fully saturated rings. The standard InChI is InChI=1S/C13H18O2/c1-2-3-8-15-11-6-4-10-5-7-13(14)12(10)9-11/h4,6,9,13-14H,2-3,5,7-8H2,1H3. The van der Waals surface area contributed by atoms with E-state index in [1.54, 1.807) is 0 Å². The Morgan fingerprint density at radius 2 is 2.33 bits per heavy atom. The number of aryl methyl sites for hydroxylation is 1. The van der Waals surface area contributed by atoms with Crippen LogP contribution in [0.25, 0.3) is 0 Å². The SMILES string of the molecule is CCCCOc1ccc2c(c1)C(O)CC2. The number of hydrogen-bond acceptors (Lipinski definition) is 2. The van der Waals surface area contributed by atoms with Crippen molar-refractivity contribution in [3.05, 3.63) is 29.3 Å². The summed E-state index contributed by atoms with van der Waals surface area (Å²) in [5, 5.41) is 9.72. The normalized spacial score (nSPS) is 18.9. The lowest BCUT2D eigenvalue weighted by Crippen LogP contribution is -1.98. The third-order valence-electron chi connectivity index (χ3n) is 2.93. The Morgan fingerprint density at radius 1 is 1.47 bits per heavy atom. The first-order chi connectivity index (χ1) is 7.31. The molecule has 0 bridgehead atoms. The number of aliphatic hydroxyl groups is 1. The monoisotopic (exact) mass is 206 g/mol. The summed E-state index contributed by atoms with van der Waals surface area (Å²) in [6, 6.07) is 6.07. The van der Waals surface area contributed by atoms with E-state index in [1.807, 2.05) is 12.1 Å². The highest BCUT2D eigenvalue weighted by Gasteiger charge is 2.20. The van der Waals surface area contributed by atoms with Gasteiger partial charge in [-0.25, -0.2) is 0 Å². The van der Waals surface area contributed by atoms with Crippen molar-refractivity contribution in [1.82, 2.24) is 0 Å². The summed E-state index contributed by atoms with van der Waals surface area (Å²) in [6.45, 7) is 2.92. The summed E-state index contributed by atoms with van der Waals surface area (Å²) in [7, 11) is 0. The van der Waals surface area contributed by atoms with Crippen molar-refractivity contribution in [2.45, 2.75) is 38.7 Å².